The number of hydrazine groups is 1. The average Bonchev–Trinajstić information content (AvgIpc) is 2.62. The Morgan fingerprint density at radius 2 is 1.72 bits per heavy atom. The van der Waals surface area contributed by atoms with E-state index in [1.54, 1.807) is 17.6 Å². The van der Waals surface area contributed by atoms with E-state index >= 15 is 0 Å². The smallest absolute Gasteiger partial charge is 0.345 e. The summed E-state index contributed by atoms with van der Waals surface area (Å²) in [7, 11) is 0. The molecule has 0 atom stereocenters. The van der Waals surface area contributed by atoms with E-state index in [9.17, 15) is 22.8 Å². The molecular formula is C17H14Cl2F3N5O2. The molecule has 1 saturated carbocycles. The summed E-state index contributed by atoms with van der Waals surface area (Å²) in [6, 6.07) is 5.19. The van der Waals surface area contributed by atoms with Gasteiger partial charge in [-0.15, -0.1) is 0 Å². The summed E-state index contributed by atoms with van der Waals surface area (Å²) in [5.74, 6) is -3.07. The van der Waals surface area contributed by atoms with Gasteiger partial charge < -0.3 is 5.32 Å². The normalized spacial score (nSPS) is 15.2. The first-order chi connectivity index (χ1) is 13.6. The Morgan fingerprint density at radius 3 is 2.24 bits per heavy atom. The number of aromatic nitrogens is 2. The summed E-state index contributed by atoms with van der Waals surface area (Å²) in [5.41, 5.74) is 3.14. The van der Waals surface area contributed by atoms with Crippen LogP contribution in [0.1, 0.15) is 35.2 Å². The van der Waals surface area contributed by atoms with E-state index in [1.807, 2.05) is 6.07 Å². The first kappa shape index (κ1) is 21.1. The summed E-state index contributed by atoms with van der Waals surface area (Å²) in [5, 5.41) is 4.22. The number of hydrogen-bond donors (Lipinski definition) is 3. The monoisotopic (exact) mass is 447 g/mol. The number of anilines is 1. The highest BCUT2D eigenvalue weighted by molar-refractivity contribution is 6.35. The molecule has 1 aromatic carbocycles. The zero-order valence-corrected chi connectivity index (χ0v) is 16.1. The molecule has 12 heteroatoms. The molecule has 2 aromatic rings. The molecule has 2 amide bonds. The van der Waals surface area contributed by atoms with Crippen molar-refractivity contribution in [3.63, 3.8) is 0 Å². The molecule has 0 bridgehead atoms. The highest BCUT2D eigenvalue weighted by Gasteiger charge is 2.41. The second-order valence-corrected chi connectivity index (χ2v) is 7.23. The standard InChI is InChI=1S/C17H14Cl2F3N5O2/c18-10-2-3-11(12(19)6-10)16(4-1-5-16)25-15-23-7-9(8-24-15)13(28)26-27-14(29)17(20,21)22/h2-3,6-8H,1,4-5H2,(H,26,28)(H,27,29)(H,23,24,25). The van der Waals surface area contributed by atoms with Crippen molar-refractivity contribution in [2.45, 2.75) is 31.0 Å². The summed E-state index contributed by atoms with van der Waals surface area (Å²) >= 11 is 12.3. The Balaban J connectivity index is 1.68. The predicted molar refractivity (Wildman–Crippen MR) is 99.3 cm³/mol. The lowest BCUT2D eigenvalue weighted by atomic mass is 9.72. The van der Waals surface area contributed by atoms with Crippen LogP contribution in [0.4, 0.5) is 19.1 Å². The van der Waals surface area contributed by atoms with E-state index in [4.69, 9.17) is 23.2 Å². The highest BCUT2D eigenvalue weighted by Crippen LogP contribution is 2.46. The number of hydrogen-bond acceptors (Lipinski definition) is 5. The first-order valence-corrected chi connectivity index (χ1v) is 9.10. The number of carbonyl (C=O) groups is 2. The van der Waals surface area contributed by atoms with Crippen LogP contribution < -0.4 is 16.2 Å². The van der Waals surface area contributed by atoms with Crippen LogP contribution in [0, 0.1) is 0 Å². The number of nitrogens with zero attached hydrogens (tertiary/aromatic N) is 2. The maximum absolute atomic E-state index is 12.1. The highest BCUT2D eigenvalue weighted by atomic mass is 35.5. The van der Waals surface area contributed by atoms with E-state index in [0.29, 0.717) is 10.0 Å². The Hall–Kier alpha value is -2.59. The molecule has 29 heavy (non-hydrogen) atoms. The molecule has 1 aromatic heterocycles. The second kappa shape index (κ2) is 8.03. The van der Waals surface area contributed by atoms with Gasteiger partial charge in [-0.25, -0.2) is 9.97 Å². The number of halogens is 5. The van der Waals surface area contributed by atoms with Gasteiger partial charge in [0.05, 0.1) is 11.1 Å². The van der Waals surface area contributed by atoms with E-state index in [0.717, 1.165) is 37.2 Å². The van der Waals surface area contributed by atoms with Crippen molar-refractivity contribution in [2.75, 3.05) is 5.32 Å². The molecule has 0 aliphatic heterocycles. The minimum absolute atomic E-state index is 0.134. The van der Waals surface area contributed by atoms with Crippen molar-refractivity contribution in [2.24, 2.45) is 0 Å². The van der Waals surface area contributed by atoms with Gasteiger partial charge >= 0.3 is 12.1 Å². The van der Waals surface area contributed by atoms with Crippen molar-refractivity contribution in [3.05, 3.63) is 51.8 Å². The molecule has 3 N–H and O–H groups in total. The summed E-state index contributed by atoms with van der Waals surface area (Å²) in [6.45, 7) is 0. The maximum Gasteiger partial charge on any atom is 0.472 e. The third kappa shape index (κ3) is 4.70. The van der Waals surface area contributed by atoms with Crippen LogP contribution in [0.25, 0.3) is 0 Å². The molecule has 0 radical (unpaired) electrons. The van der Waals surface area contributed by atoms with Crippen LogP contribution in [0.2, 0.25) is 10.0 Å². The van der Waals surface area contributed by atoms with Gasteiger partial charge in [-0.3, -0.25) is 20.4 Å². The lowest BCUT2D eigenvalue weighted by Gasteiger charge is -2.43. The molecule has 3 rings (SSSR count). The Labute approximate surface area is 173 Å². The topological polar surface area (TPSA) is 96.0 Å². The number of carbonyl (C=O) groups excluding carboxylic acids is 2. The summed E-state index contributed by atoms with van der Waals surface area (Å²) < 4.78 is 36.4. The molecular weight excluding hydrogens is 434 g/mol. The number of benzene rings is 1. The fourth-order valence-electron chi connectivity index (χ4n) is 2.85. The van der Waals surface area contributed by atoms with E-state index in [-0.39, 0.29) is 11.5 Å². The molecule has 1 aliphatic rings. The first-order valence-electron chi connectivity index (χ1n) is 8.34. The van der Waals surface area contributed by atoms with Crippen LogP contribution >= 0.6 is 23.2 Å². The largest absolute Gasteiger partial charge is 0.472 e. The van der Waals surface area contributed by atoms with Gasteiger partial charge in [0.2, 0.25) is 5.95 Å². The van der Waals surface area contributed by atoms with Crippen molar-refractivity contribution < 1.29 is 22.8 Å². The number of rotatable bonds is 4. The third-order valence-electron chi connectivity index (χ3n) is 4.47. The molecule has 1 heterocycles. The van der Waals surface area contributed by atoms with Gasteiger partial charge in [0, 0.05) is 22.4 Å². The van der Waals surface area contributed by atoms with Crippen molar-refractivity contribution >= 4 is 41.0 Å². The summed E-state index contributed by atoms with van der Waals surface area (Å²) in [6.07, 6.45) is -0.337. The zero-order chi connectivity index (χ0) is 21.2. The second-order valence-electron chi connectivity index (χ2n) is 6.39. The fourth-order valence-corrected chi connectivity index (χ4v) is 3.44. The van der Waals surface area contributed by atoms with Crippen LogP contribution in [-0.4, -0.2) is 28.0 Å². The predicted octanol–water partition coefficient (Wildman–Crippen LogP) is 3.60. The van der Waals surface area contributed by atoms with Crippen molar-refractivity contribution in [1.29, 1.82) is 0 Å². The van der Waals surface area contributed by atoms with Crippen LogP contribution in [0.5, 0.6) is 0 Å². The van der Waals surface area contributed by atoms with E-state index in [1.165, 1.54) is 5.43 Å². The van der Waals surface area contributed by atoms with Gasteiger partial charge in [0.25, 0.3) is 5.91 Å². The minimum atomic E-state index is -5.11. The lowest BCUT2D eigenvalue weighted by Crippen LogP contribution is -2.47. The molecule has 1 aliphatic carbocycles. The maximum atomic E-state index is 12.1. The van der Waals surface area contributed by atoms with E-state index in [2.05, 4.69) is 15.3 Å². The van der Waals surface area contributed by atoms with Gasteiger partial charge in [0.1, 0.15) is 0 Å². The SMILES string of the molecule is O=C(NNC(=O)C(F)(F)F)c1cnc(NC2(c3ccc(Cl)cc3Cl)CCC2)nc1. The average molecular weight is 448 g/mol. The Bertz CT molecular complexity index is 934. The Kier molecular flexibility index (Phi) is 5.85. The lowest BCUT2D eigenvalue weighted by molar-refractivity contribution is -0.174. The summed E-state index contributed by atoms with van der Waals surface area (Å²) in [4.78, 5) is 30.6. The Morgan fingerprint density at radius 1 is 1.07 bits per heavy atom. The molecule has 0 spiro atoms. The quantitative estimate of drug-likeness (QED) is 0.622. The van der Waals surface area contributed by atoms with Crippen LogP contribution in [0.15, 0.2) is 30.6 Å². The molecule has 0 unspecified atom stereocenters. The molecule has 1 fully saturated rings. The van der Waals surface area contributed by atoms with Crippen LogP contribution in [-0.2, 0) is 10.3 Å². The van der Waals surface area contributed by atoms with Crippen molar-refractivity contribution in [3.8, 4) is 0 Å². The van der Waals surface area contributed by atoms with Crippen LogP contribution in [0.3, 0.4) is 0 Å². The van der Waals surface area contributed by atoms with Gasteiger partial charge in [0.15, 0.2) is 0 Å². The number of nitrogens with one attached hydrogen (secondary N) is 3. The number of alkyl halides is 3. The number of amides is 2. The molecule has 0 saturated heterocycles. The third-order valence-corrected chi connectivity index (χ3v) is 5.01. The van der Waals surface area contributed by atoms with Gasteiger partial charge in [-0.05, 0) is 37.0 Å². The zero-order valence-electron chi connectivity index (χ0n) is 14.6. The van der Waals surface area contributed by atoms with Gasteiger partial charge in [-0.1, -0.05) is 29.3 Å². The van der Waals surface area contributed by atoms with Crippen molar-refractivity contribution in [1.82, 2.24) is 20.8 Å². The minimum Gasteiger partial charge on any atom is -0.345 e. The fraction of sp³-hybridized carbons (Fsp3) is 0.294. The van der Waals surface area contributed by atoms with Gasteiger partial charge in [-0.2, -0.15) is 13.2 Å². The molecule has 154 valence electrons. The van der Waals surface area contributed by atoms with E-state index < -0.39 is 23.5 Å². The molecule has 7 nitrogen and oxygen atoms in total.